The number of aromatic nitrogens is 2. The second-order valence-corrected chi connectivity index (χ2v) is 9.69. The average Bonchev–Trinajstić information content (AvgIpc) is 2.75. The van der Waals surface area contributed by atoms with Gasteiger partial charge in [0.05, 0.1) is 16.1 Å². The van der Waals surface area contributed by atoms with E-state index in [0.717, 1.165) is 0 Å². The number of nitrogens with zero attached hydrogens (tertiary/aromatic N) is 4. The van der Waals surface area contributed by atoms with Gasteiger partial charge in [0.1, 0.15) is 17.9 Å². The minimum Gasteiger partial charge on any atom is -0.489 e. The maximum atomic E-state index is 12.9. The van der Waals surface area contributed by atoms with Gasteiger partial charge in [0.25, 0.3) is 5.91 Å². The Hall–Kier alpha value is -2.89. The molecule has 9 heteroatoms. The molecular weight excluding hydrogens is 428 g/mol. The van der Waals surface area contributed by atoms with Crippen molar-refractivity contribution in [1.82, 2.24) is 15.3 Å². The van der Waals surface area contributed by atoms with Crippen molar-refractivity contribution in [2.24, 2.45) is 16.6 Å². The topological polar surface area (TPSA) is 117 Å². The Balaban J connectivity index is 1.71. The average molecular weight is 457 g/mol. The summed E-state index contributed by atoms with van der Waals surface area (Å²) in [7, 11) is 1.85. The van der Waals surface area contributed by atoms with Crippen molar-refractivity contribution >= 4 is 23.5 Å². The Labute approximate surface area is 193 Å². The lowest BCUT2D eigenvalue weighted by Crippen LogP contribution is -2.74. The van der Waals surface area contributed by atoms with Crippen molar-refractivity contribution in [2.45, 2.75) is 39.8 Å². The molecule has 0 atom stereocenters. The van der Waals surface area contributed by atoms with Gasteiger partial charge in [-0.25, -0.2) is 9.97 Å². The van der Waals surface area contributed by atoms with E-state index >= 15 is 0 Å². The van der Waals surface area contributed by atoms with E-state index in [-0.39, 0.29) is 28.9 Å². The molecule has 0 aliphatic heterocycles. The van der Waals surface area contributed by atoms with Crippen molar-refractivity contribution < 1.29 is 9.53 Å². The zero-order chi connectivity index (χ0) is 23.7. The van der Waals surface area contributed by atoms with Crippen LogP contribution in [0.4, 0.5) is 5.95 Å². The fourth-order valence-electron chi connectivity index (χ4n) is 4.74. The molecule has 1 aliphatic carbocycles. The molecule has 170 valence electrons. The predicted molar refractivity (Wildman–Crippen MR) is 124 cm³/mol. The molecule has 32 heavy (non-hydrogen) atoms. The second kappa shape index (κ2) is 8.93. The third-order valence-corrected chi connectivity index (χ3v) is 6.45. The van der Waals surface area contributed by atoms with E-state index in [4.69, 9.17) is 27.3 Å². The van der Waals surface area contributed by atoms with Gasteiger partial charge in [-0.3, -0.25) is 4.79 Å². The molecule has 3 N–H and O–H groups in total. The molecule has 1 amide bonds. The number of anilines is 1. The number of carbonyl (C=O) groups is 1. The third kappa shape index (κ3) is 4.36. The largest absolute Gasteiger partial charge is 0.489 e. The van der Waals surface area contributed by atoms with Crippen LogP contribution in [0.3, 0.4) is 0 Å². The summed E-state index contributed by atoms with van der Waals surface area (Å²) in [6.45, 7) is 9.34. The van der Waals surface area contributed by atoms with Crippen LogP contribution in [0.1, 0.15) is 43.6 Å². The van der Waals surface area contributed by atoms with Gasteiger partial charge in [0, 0.05) is 55.5 Å². The molecule has 0 unspecified atom stereocenters. The maximum Gasteiger partial charge on any atom is 0.254 e. The number of hydrogen-bond donors (Lipinski definition) is 2. The SMILES string of the molecule is CN(CCN)c1ncc(C(=O)NC2C(C)(C)C(Oc3ccc(C#N)c(Cl)c3)C2(C)C)cn1. The van der Waals surface area contributed by atoms with Crippen molar-refractivity contribution in [3.8, 4) is 11.8 Å². The first-order chi connectivity index (χ1) is 15.0. The highest BCUT2D eigenvalue weighted by Gasteiger charge is 2.64. The van der Waals surface area contributed by atoms with E-state index in [9.17, 15) is 4.79 Å². The second-order valence-electron chi connectivity index (χ2n) is 9.28. The number of nitriles is 1. The van der Waals surface area contributed by atoms with E-state index < -0.39 is 0 Å². The molecule has 1 aromatic heterocycles. The predicted octanol–water partition coefficient (Wildman–Crippen LogP) is 3.01. The molecule has 1 fully saturated rings. The lowest BCUT2D eigenvalue weighted by molar-refractivity contribution is -0.164. The first-order valence-electron chi connectivity index (χ1n) is 10.4. The summed E-state index contributed by atoms with van der Waals surface area (Å²) in [5, 5.41) is 12.5. The molecule has 3 rings (SSSR count). The summed E-state index contributed by atoms with van der Waals surface area (Å²) in [5.74, 6) is 0.880. The molecule has 1 heterocycles. The lowest BCUT2D eigenvalue weighted by Gasteiger charge is -2.63. The highest BCUT2D eigenvalue weighted by atomic mass is 35.5. The van der Waals surface area contributed by atoms with Crippen LogP contribution >= 0.6 is 11.6 Å². The molecule has 0 bridgehead atoms. The van der Waals surface area contributed by atoms with Crippen LogP contribution in [-0.4, -0.2) is 48.2 Å². The minimum atomic E-state index is -0.346. The summed E-state index contributed by atoms with van der Waals surface area (Å²) in [6, 6.07) is 6.94. The van der Waals surface area contributed by atoms with Crippen molar-refractivity contribution in [3.05, 3.63) is 46.7 Å². The highest BCUT2D eigenvalue weighted by molar-refractivity contribution is 6.31. The van der Waals surface area contributed by atoms with Crippen LogP contribution in [0.5, 0.6) is 5.75 Å². The fourth-order valence-corrected chi connectivity index (χ4v) is 4.95. The zero-order valence-electron chi connectivity index (χ0n) is 19.0. The first-order valence-corrected chi connectivity index (χ1v) is 10.8. The van der Waals surface area contributed by atoms with Gasteiger partial charge in [0.15, 0.2) is 0 Å². The maximum absolute atomic E-state index is 12.9. The number of halogens is 1. The number of nitrogens with one attached hydrogen (secondary N) is 1. The van der Waals surface area contributed by atoms with Crippen LogP contribution in [0.15, 0.2) is 30.6 Å². The van der Waals surface area contributed by atoms with Crippen LogP contribution in [-0.2, 0) is 0 Å². The Morgan fingerprint density at radius 1 is 1.28 bits per heavy atom. The first kappa shape index (κ1) is 23.8. The van der Waals surface area contributed by atoms with Crippen molar-refractivity contribution in [2.75, 3.05) is 25.0 Å². The third-order valence-electron chi connectivity index (χ3n) is 6.14. The minimum absolute atomic E-state index is 0.138. The zero-order valence-corrected chi connectivity index (χ0v) is 19.8. The highest BCUT2D eigenvalue weighted by Crippen LogP contribution is 2.55. The number of hydrogen-bond acceptors (Lipinski definition) is 7. The van der Waals surface area contributed by atoms with Gasteiger partial charge in [-0.1, -0.05) is 39.3 Å². The molecule has 1 aliphatic rings. The summed E-state index contributed by atoms with van der Waals surface area (Å²) < 4.78 is 6.26. The van der Waals surface area contributed by atoms with Gasteiger partial charge >= 0.3 is 0 Å². The fraction of sp³-hybridized carbons (Fsp3) is 0.478. The van der Waals surface area contributed by atoms with Gasteiger partial charge in [-0.15, -0.1) is 0 Å². The Morgan fingerprint density at radius 3 is 2.44 bits per heavy atom. The standard InChI is InChI=1S/C23H29ClN6O2/c1-22(2)19(29-18(31)15-12-27-21(28-13-15)30(5)9-8-25)23(3,4)20(22)32-16-7-6-14(11-26)17(24)10-16/h6-7,10,12-13,19-20H,8-9,25H2,1-5H3,(H,29,31). The number of likely N-dealkylation sites (N-methyl/N-ethyl adjacent to an activating group) is 1. The quantitative estimate of drug-likeness (QED) is 0.657. The van der Waals surface area contributed by atoms with Crippen LogP contribution in [0, 0.1) is 22.2 Å². The molecule has 2 aromatic rings. The summed E-state index contributed by atoms with van der Waals surface area (Å²) in [4.78, 5) is 23.3. The van der Waals surface area contributed by atoms with E-state index in [0.29, 0.717) is 40.9 Å². The number of rotatable bonds is 7. The molecule has 1 aromatic carbocycles. The summed E-state index contributed by atoms with van der Waals surface area (Å²) in [6.07, 6.45) is 2.87. The van der Waals surface area contributed by atoms with E-state index in [1.807, 2.05) is 18.0 Å². The molecule has 8 nitrogen and oxygen atoms in total. The van der Waals surface area contributed by atoms with Crippen molar-refractivity contribution in [3.63, 3.8) is 0 Å². The van der Waals surface area contributed by atoms with Crippen LogP contribution < -0.4 is 20.7 Å². The Kier molecular flexibility index (Phi) is 6.63. The van der Waals surface area contributed by atoms with Gasteiger partial charge in [0.2, 0.25) is 5.95 Å². The van der Waals surface area contributed by atoms with Crippen LogP contribution in [0.2, 0.25) is 5.02 Å². The normalized spacial score (nSPS) is 20.6. The number of carbonyl (C=O) groups excluding carboxylic acids is 1. The Morgan fingerprint density at radius 2 is 1.91 bits per heavy atom. The number of ether oxygens (including phenoxy) is 1. The summed E-state index contributed by atoms with van der Waals surface area (Å²) in [5.41, 5.74) is 5.67. The van der Waals surface area contributed by atoms with Gasteiger partial charge in [-0.2, -0.15) is 5.26 Å². The smallest absolute Gasteiger partial charge is 0.254 e. The molecule has 0 radical (unpaired) electrons. The summed E-state index contributed by atoms with van der Waals surface area (Å²) >= 11 is 6.15. The number of benzene rings is 1. The van der Waals surface area contributed by atoms with Gasteiger partial charge in [-0.05, 0) is 12.1 Å². The molecular formula is C23H29ClN6O2. The van der Waals surface area contributed by atoms with E-state index in [1.165, 1.54) is 12.4 Å². The molecule has 0 saturated heterocycles. The number of nitrogens with two attached hydrogens (primary N) is 1. The Bertz CT molecular complexity index is 1020. The van der Waals surface area contributed by atoms with E-state index in [1.54, 1.807) is 18.2 Å². The van der Waals surface area contributed by atoms with Gasteiger partial charge < -0.3 is 20.7 Å². The monoisotopic (exact) mass is 456 g/mol. The van der Waals surface area contributed by atoms with E-state index in [2.05, 4.69) is 43.0 Å². The van der Waals surface area contributed by atoms with Crippen LogP contribution in [0.25, 0.3) is 0 Å². The lowest BCUT2D eigenvalue weighted by atomic mass is 9.49. The molecule has 1 saturated carbocycles. The van der Waals surface area contributed by atoms with Crippen molar-refractivity contribution in [1.29, 1.82) is 5.26 Å². The molecule has 0 spiro atoms. The number of amides is 1.